The highest BCUT2D eigenvalue weighted by atomic mass is 19.1. The molecule has 1 aromatic heterocycles. The summed E-state index contributed by atoms with van der Waals surface area (Å²) in [7, 11) is 1.73. The number of piperazine rings is 1. The van der Waals surface area contributed by atoms with E-state index in [-0.39, 0.29) is 11.7 Å². The minimum Gasteiger partial charge on any atom is -0.494 e. The zero-order valence-electron chi connectivity index (χ0n) is 16.4. The van der Waals surface area contributed by atoms with Gasteiger partial charge >= 0.3 is 0 Å². The molecule has 1 saturated heterocycles. The predicted octanol–water partition coefficient (Wildman–Crippen LogP) is 3.53. The molecule has 0 bridgehead atoms. The normalized spacial score (nSPS) is 15.6. The smallest absolute Gasteiger partial charge is 0.198 e. The first-order valence-electron chi connectivity index (χ1n) is 9.74. The summed E-state index contributed by atoms with van der Waals surface area (Å²) < 4.78 is 18.7. The fourth-order valence-electron chi connectivity index (χ4n) is 3.64. The first-order valence-corrected chi connectivity index (χ1v) is 9.74. The molecule has 1 fully saturated rings. The maximum atomic E-state index is 13.5. The average Bonchev–Trinajstić information content (AvgIpc) is 3.06. The van der Waals surface area contributed by atoms with Gasteiger partial charge in [0.1, 0.15) is 5.82 Å². The highest BCUT2D eigenvalue weighted by Crippen LogP contribution is 2.27. The van der Waals surface area contributed by atoms with Gasteiger partial charge in [0.25, 0.3) is 0 Å². The molecule has 3 aromatic rings. The highest BCUT2D eigenvalue weighted by molar-refractivity contribution is 6.02. The molecule has 7 heteroatoms. The molecule has 152 valence electrons. The van der Waals surface area contributed by atoms with Crippen molar-refractivity contribution in [2.45, 2.75) is 0 Å². The van der Waals surface area contributed by atoms with Gasteiger partial charge in [-0.1, -0.05) is 0 Å². The minimum atomic E-state index is -0.349. The van der Waals surface area contributed by atoms with Gasteiger partial charge in [0, 0.05) is 62.6 Å². The minimum absolute atomic E-state index is 0.0164. The second kappa shape index (κ2) is 8.63. The molecule has 6 nitrogen and oxygen atoms in total. The number of hydrogen-bond donors (Lipinski definition) is 2. The van der Waals surface area contributed by atoms with Crippen LogP contribution in [0.25, 0.3) is 10.9 Å². The van der Waals surface area contributed by atoms with Crippen LogP contribution in [0.1, 0.15) is 5.56 Å². The fourth-order valence-corrected chi connectivity index (χ4v) is 3.64. The monoisotopic (exact) mass is 396 g/mol. The lowest BCUT2D eigenvalue weighted by Crippen LogP contribution is -2.47. The van der Waals surface area contributed by atoms with Crippen molar-refractivity contribution in [3.05, 3.63) is 53.8 Å². The number of H-pyrrole nitrogens is 1. The third kappa shape index (κ3) is 4.41. The molecule has 0 atom stereocenters. The summed E-state index contributed by atoms with van der Waals surface area (Å²) in [6.07, 6.45) is 1.57. The Morgan fingerprint density at radius 3 is 2.62 bits per heavy atom. The third-order valence-corrected chi connectivity index (χ3v) is 5.32. The third-order valence-electron chi connectivity index (χ3n) is 5.32. The number of rotatable bonds is 6. The van der Waals surface area contributed by atoms with Crippen LogP contribution in [0.5, 0.6) is 5.88 Å². The lowest BCUT2D eigenvalue weighted by molar-refractivity contribution is 0.144. The molecule has 0 aliphatic carbocycles. The zero-order valence-corrected chi connectivity index (χ0v) is 16.4. The highest BCUT2D eigenvalue weighted by Gasteiger charge is 2.16. The Morgan fingerprint density at radius 1 is 1.14 bits per heavy atom. The molecule has 2 aromatic carbocycles. The average molecular weight is 396 g/mol. The van der Waals surface area contributed by atoms with Gasteiger partial charge in [-0.2, -0.15) is 0 Å². The lowest BCUT2D eigenvalue weighted by Gasteiger charge is -2.36. The van der Waals surface area contributed by atoms with Gasteiger partial charge in [0.15, 0.2) is 5.88 Å². The number of nitrogens with one attached hydrogen (secondary N) is 1. The van der Waals surface area contributed by atoms with E-state index in [2.05, 4.69) is 31.9 Å². The first kappa shape index (κ1) is 19.4. The number of halogens is 1. The molecule has 0 radical (unpaired) electrons. The van der Waals surface area contributed by atoms with E-state index < -0.39 is 0 Å². The topological polar surface area (TPSA) is 64.1 Å². The van der Waals surface area contributed by atoms with Crippen LogP contribution in [0.4, 0.5) is 15.8 Å². The van der Waals surface area contributed by atoms with Crippen molar-refractivity contribution in [2.75, 3.05) is 51.3 Å². The van der Waals surface area contributed by atoms with Crippen molar-refractivity contribution in [2.24, 2.45) is 4.99 Å². The number of nitrogens with zero attached hydrogens (tertiary/aromatic N) is 3. The number of aromatic nitrogens is 1. The van der Waals surface area contributed by atoms with Gasteiger partial charge in [-0.25, -0.2) is 4.39 Å². The van der Waals surface area contributed by atoms with Gasteiger partial charge in [-0.05, 0) is 42.5 Å². The summed E-state index contributed by atoms with van der Waals surface area (Å²) >= 11 is 0. The summed E-state index contributed by atoms with van der Waals surface area (Å²) in [4.78, 5) is 12.1. The first-order chi connectivity index (χ1) is 14.1. The summed E-state index contributed by atoms with van der Waals surface area (Å²) in [6.45, 7) is 5.77. The molecule has 0 amide bonds. The van der Waals surface area contributed by atoms with Crippen molar-refractivity contribution in [3.8, 4) is 5.88 Å². The van der Waals surface area contributed by atoms with Crippen LogP contribution in [0.2, 0.25) is 0 Å². The van der Waals surface area contributed by atoms with Crippen LogP contribution in [0, 0.1) is 5.82 Å². The molecule has 0 unspecified atom stereocenters. The number of fused-ring (bicyclic) bond motifs is 1. The standard InChI is InChI=1S/C22H25FN4O2/c1-29-13-12-26-8-10-27(11-9-26)18-5-3-17(4-6-18)24-15-20-19-14-16(23)2-7-21(19)25-22(20)28/h2-7,14-15,25,28H,8-13H2,1H3. The summed E-state index contributed by atoms with van der Waals surface area (Å²) in [5.74, 6) is -0.366. The quantitative estimate of drug-likeness (QED) is 0.626. The second-order valence-electron chi connectivity index (χ2n) is 7.17. The van der Waals surface area contributed by atoms with E-state index >= 15 is 0 Å². The van der Waals surface area contributed by atoms with Crippen LogP contribution in [0.15, 0.2) is 47.5 Å². The lowest BCUT2D eigenvalue weighted by atomic mass is 10.2. The number of ether oxygens (including phenoxy) is 1. The van der Waals surface area contributed by atoms with Crippen LogP contribution in [0.3, 0.4) is 0 Å². The van der Waals surface area contributed by atoms with Gasteiger partial charge in [0.05, 0.1) is 17.9 Å². The Bertz CT molecular complexity index is 992. The summed E-state index contributed by atoms with van der Waals surface area (Å²) in [5.41, 5.74) is 3.10. The van der Waals surface area contributed by atoms with Gasteiger partial charge < -0.3 is 19.7 Å². The fraction of sp³-hybridized carbons (Fsp3) is 0.318. The van der Waals surface area contributed by atoms with Gasteiger partial charge in [0.2, 0.25) is 0 Å². The van der Waals surface area contributed by atoms with Crippen molar-refractivity contribution in [1.29, 1.82) is 0 Å². The molecule has 4 rings (SSSR count). The van der Waals surface area contributed by atoms with Crippen LogP contribution >= 0.6 is 0 Å². The zero-order chi connectivity index (χ0) is 20.2. The van der Waals surface area contributed by atoms with Crippen LogP contribution in [-0.2, 0) is 4.74 Å². The van der Waals surface area contributed by atoms with E-state index in [4.69, 9.17) is 4.74 Å². The maximum Gasteiger partial charge on any atom is 0.198 e. The van der Waals surface area contributed by atoms with E-state index in [0.717, 1.165) is 45.0 Å². The van der Waals surface area contributed by atoms with Crippen LogP contribution in [-0.4, -0.2) is 67.6 Å². The second-order valence-corrected chi connectivity index (χ2v) is 7.17. The van der Waals surface area contributed by atoms with Crippen molar-refractivity contribution in [1.82, 2.24) is 9.88 Å². The Hall–Kier alpha value is -2.90. The van der Waals surface area contributed by atoms with E-state index in [0.29, 0.717) is 16.5 Å². The number of benzene rings is 2. The Morgan fingerprint density at radius 2 is 1.90 bits per heavy atom. The number of hydrogen-bond acceptors (Lipinski definition) is 5. The molecule has 29 heavy (non-hydrogen) atoms. The number of aliphatic imine (C=N–C) groups is 1. The van der Waals surface area contributed by atoms with Crippen LogP contribution < -0.4 is 4.90 Å². The number of aromatic hydroxyl groups is 1. The summed E-state index contributed by atoms with van der Waals surface area (Å²) in [5, 5.41) is 10.7. The van der Waals surface area contributed by atoms with Gasteiger partial charge in [-0.15, -0.1) is 0 Å². The Labute approximate surface area is 169 Å². The number of methoxy groups -OCH3 is 1. The van der Waals surface area contributed by atoms with E-state index in [1.165, 1.54) is 17.8 Å². The van der Waals surface area contributed by atoms with E-state index in [9.17, 15) is 9.50 Å². The Balaban J connectivity index is 1.43. The molecule has 2 N–H and O–H groups in total. The van der Waals surface area contributed by atoms with E-state index in [1.807, 2.05) is 12.1 Å². The molecule has 0 spiro atoms. The molecule has 2 heterocycles. The van der Waals surface area contributed by atoms with E-state index in [1.54, 1.807) is 19.4 Å². The molecular formula is C22H25FN4O2. The number of aromatic amines is 1. The van der Waals surface area contributed by atoms with Crippen molar-refractivity contribution < 1.29 is 14.2 Å². The number of anilines is 1. The predicted molar refractivity (Wildman–Crippen MR) is 114 cm³/mol. The SMILES string of the molecule is COCCN1CCN(c2ccc(N=Cc3c(O)[nH]c4ccc(F)cc34)cc2)CC1. The Kier molecular flexibility index (Phi) is 5.78. The molecular weight excluding hydrogens is 371 g/mol. The molecule has 0 saturated carbocycles. The van der Waals surface area contributed by atoms with Crippen molar-refractivity contribution >= 4 is 28.5 Å². The van der Waals surface area contributed by atoms with Crippen molar-refractivity contribution in [3.63, 3.8) is 0 Å². The summed E-state index contributed by atoms with van der Waals surface area (Å²) in [6, 6.07) is 12.4. The van der Waals surface area contributed by atoms with Gasteiger partial charge in [-0.3, -0.25) is 9.89 Å². The molecule has 1 aliphatic heterocycles. The largest absolute Gasteiger partial charge is 0.494 e. The molecule has 1 aliphatic rings. The maximum absolute atomic E-state index is 13.5.